The number of benzene rings is 2. The largest absolute Gasteiger partial charge is 0.496 e. The van der Waals surface area contributed by atoms with Crippen molar-refractivity contribution in [2.75, 3.05) is 7.11 Å². The molecular weight excluding hydrogens is 342 g/mol. The van der Waals surface area contributed by atoms with E-state index in [-0.39, 0.29) is 11.4 Å². The normalized spacial score (nSPS) is 11.2. The Hall–Kier alpha value is -1.65. The molecule has 0 aliphatic carbocycles. The average Bonchev–Trinajstić information content (AvgIpc) is 2.52. The highest BCUT2D eigenvalue weighted by molar-refractivity contribution is 7.98. The van der Waals surface area contributed by atoms with Crippen molar-refractivity contribution in [3.63, 3.8) is 0 Å². The van der Waals surface area contributed by atoms with Crippen LogP contribution < -0.4 is 10.1 Å². The molecule has 5 heteroatoms. The maximum atomic E-state index is 12.4. The minimum Gasteiger partial charge on any atom is -0.496 e. The molecule has 2 rings (SSSR count). The predicted octanol–water partition coefficient (Wildman–Crippen LogP) is 5.17. The number of halogens is 1. The van der Waals surface area contributed by atoms with Crippen LogP contribution >= 0.6 is 23.4 Å². The van der Waals surface area contributed by atoms with Gasteiger partial charge in [0.15, 0.2) is 0 Å². The number of nitrogens with one attached hydrogen (secondary N) is 1. The number of hydrogen-bond acceptors (Lipinski definition) is 3. The smallest absolute Gasteiger partial charge is 0.251 e. The van der Waals surface area contributed by atoms with E-state index in [1.807, 2.05) is 57.2 Å². The summed E-state index contributed by atoms with van der Waals surface area (Å²) in [5.74, 6) is 1.41. The molecular formula is C19H22ClNO2S. The first-order chi connectivity index (χ1) is 11.3. The van der Waals surface area contributed by atoms with Crippen molar-refractivity contribution >= 4 is 29.3 Å². The molecule has 0 unspecified atom stereocenters. The van der Waals surface area contributed by atoms with Gasteiger partial charge in [-0.05, 0) is 63.2 Å². The lowest BCUT2D eigenvalue weighted by Gasteiger charge is -2.21. The molecule has 0 aromatic heterocycles. The van der Waals surface area contributed by atoms with Crippen LogP contribution in [-0.2, 0) is 5.75 Å². The minimum atomic E-state index is -0.269. The topological polar surface area (TPSA) is 38.3 Å². The second-order valence-electron chi connectivity index (χ2n) is 6.47. The van der Waals surface area contributed by atoms with Crippen LogP contribution in [0.15, 0.2) is 47.4 Å². The van der Waals surface area contributed by atoms with Crippen LogP contribution in [0.1, 0.15) is 36.7 Å². The molecule has 0 heterocycles. The Morgan fingerprint density at radius 3 is 2.42 bits per heavy atom. The Labute approximate surface area is 152 Å². The van der Waals surface area contributed by atoms with E-state index >= 15 is 0 Å². The van der Waals surface area contributed by atoms with Crippen LogP contribution in [0.25, 0.3) is 0 Å². The number of carbonyl (C=O) groups excluding carboxylic acids is 1. The third kappa shape index (κ3) is 5.46. The monoisotopic (exact) mass is 363 g/mol. The Kier molecular flexibility index (Phi) is 6.19. The highest BCUT2D eigenvalue weighted by Gasteiger charge is 2.16. The van der Waals surface area contributed by atoms with Crippen molar-refractivity contribution in [1.29, 1.82) is 0 Å². The highest BCUT2D eigenvalue weighted by atomic mass is 35.5. The standard InChI is InChI=1S/C19H22ClNO2S/c1-19(2,3)21-18(22)13-5-10-17(23-4)14(11-13)12-24-16-8-6-15(20)7-9-16/h5-11H,12H2,1-4H3,(H,21,22). The van der Waals surface area contributed by atoms with Gasteiger partial charge in [0.25, 0.3) is 5.91 Å². The summed E-state index contributed by atoms with van der Waals surface area (Å²) >= 11 is 7.59. The third-order valence-corrected chi connectivity index (χ3v) is 4.55. The second kappa shape index (κ2) is 7.95. The van der Waals surface area contributed by atoms with Crippen molar-refractivity contribution in [3.05, 3.63) is 58.6 Å². The molecule has 0 bridgehead atoms. The maximum absolute atomic E-state index is 12.4. The lowest BCUT2D eigenvalue weighted by Crippen LogP contribution is -2.40. The van der Waals surface area contributed by atoms with Gasteiger partial charge in [-0.25, -0.2) is 0 Å². The van der Waals surface area contributed by atoms with Crippen molar-refractivity contribution in [3.8, 4) is 5.75 Å². The number of carbonyl (C=O) groups is 1. The van der Waals surface area contributed by atoms with E-state index in [9.17, 15) is 4.79 Å². The summed E-state index contributed by atoms with van der Waals surface area (Å²) in [7, 11) is 1.64. The van der Waals surface area contributed by atoms with Crippen molar-refractivity contribution < 1.29 is 9.53 Å². The molecule has 0 aliphatic heterocycles. The van der Waals surface area contributed by atoms with Crippen LogP contribution in [0.4, 0.5) is 0 Å². The van der Waals surface area contributed by atoms with Crippen molar-refractivity contribution in [2.45, 2.75) is 37.0 Å². The zero-order chi connectivity index (χ0) is 17.7. The van der Waals surface area contributed by atoms with Crippen LogP contribution in [0.2, 0.25) is 5.02 Å². The highest BCUT2D eigenvalue weighted by Crippen LogP contribution is 2.29. The third-order valence-electron chi connectivity index (χ3n) is 3.24. The molecule has 0 saturated carbocycles. The van der Waals surface area contributed by atoms with Gasteiger partial charge in [-0.1, -0.05) is 11.6 Å². The van der Waals surface area contributed by atoms with Gasteiger partial charge < -0.3 is 10.1 Å². The molecule has 128 valence electrons. The molecule has 0 aliphatic rings. The van der Waals surface area contributed by atoms with E-state index in [4.69, 9.17) is 16.3 Å². The quantitative estimate of drug-likeness (QED) is 0.745. The average molecular weight is 364 g/mol. The maximum Gasteiger partial charge on any atom is 0.251 e. The van der Waals surface area contributed by atoms with Gasteiger partial charge in [0.2, 0.25) is 0 Å². The molecule has 0 radical (unpaired) electrons. The molecule has 0 fully saturated rings. The summed E-state index contributed by atoms with van der Waals surface area (Å²) in [4.78, 5) is 13.5. The van der Waals surface area contributed by atoms with E-state index in [2.05, 4.69) is 5.32 Å². The SMILES string of the molecule is COc1ccc(C(=O)NC(C)(C)C)cc1CSc1ccc(Cl)cc1. The molecule has 2 aromatic carbocycles. The van der Waals surface area contributed by atoms with Crippen LogP contribution in [-0.4, -0.2) is 18.6 Å². The van der Waals surface area contributed by atoms with E-state index in [0.717, 1.165) is 21.2 Å². The summed E-state index contributed by atoms with van der Waals surface area (Å²) in [6, 6.07) is 13.2. The van der Waals surface area contributed by atoms with Gasteiger partial charge in [0.1, 0.15) is 5.75 Å². The minimum absolute atomic E-state index is 0.0807. The lowest BCUT2D eigenvalue weighted by molar-refractivity contribution is 0.0919. The number of rotatable bonds is 5. The summed E-state index contributed by atoms with van der Waals surface area (Å²) in [6.45, 7) is 5.89. The van der Waals surface area contributed by atoms with E-state index in [1.165, 1.54) is 0 Å². The van der Waals surface area contributed by atoms with Crippen molar-refractivity contribution in [2.24, 2.45) is 0 Å². The number of hydrogen-bond donors (Lipinski definition) is 1. The zero-order valence-corrected chi connectivity index (χ0v) is 15.9. The first-order valence-corrected chi connectivity index (χ1v) is 9.02. The lowest BCUT2D eigenvalue weighted by atomic mass is 10.1. The fraction of sp³-hybridized carbons (Fsp3) is 0.316. The van der Waals surface area contributed by atoms with E-state index in [1.54, 1.807) is 24.9 Å². The fourth-order valence-corrected chi connectivity index (χ4v) is 3.14. The summed E-state index contributed by atoms with van der Waals surface area (Å²) in [5, 5.41) is 3.70. The summed E-state index contributed by atoms with van der Waals surface area (Å²) < 4.78 is 5.42. The van der Waals surface area contributed by atoms with Crippen LogP contribution in [0.3, 0.4) is 0 Å². The van der Waals surface area contributed by atoms with E-state index in [0.29, 0.717) is 11.3 Å². The first-order valence-electron chi connectivity index (χ1n) is 7.66. The zero-order valence-electron chi connectivity index (χ0n) is 14.4. The van der Waals surface area contributed by atoms with Gasteiger partial charge in [-0.2, -0.15) is 0 Å². The molecule has 0 spiro atoms. The molecule has 1 N–H and O–H groups in total. The summed E-state index contributed by atoms with van der Waals surface area (Å²) in [6.07, 6.45) is 0. The molecule has 1 amide bonds. The molecule has 0 saturated heterocycles. The van der Waals surface area contributed by atoms with Crippen LogP contribution in [0, 0.1) is 0 Å². The molecule has 24 heavy (non-hydrogen) atoms. The Morgan fingerprint density at radius 1 is 1.17 bits per heavy atom. The van der Waals surface area contributed by atoms with Gasteiger partial charge >= 0.3 is 0 Å². The Morgan fingerprint density at radius 2 is 1.83 bits per heavy atom. The van der Waals surface area contributed by atoms with Gasteiger partial charge in [-0.3, -0.25) is 4.79 Å². The number of amides is 1. The number of methoxy groups -OCH3 is 1. The fourth-order valence-electron chi connectivity index (χ4n) is 2.14. The molecule has 0 atom stereocenters. The van der Waals surface area contributed by atoms with Crippen LogP contribution in [0.5, 0.6) is 5.75 Å². The number of thioether (sulfide) groups is 1. The Balaban J connectivity index is 2.16. The predicted molar refractivity (Wildman–Crippen MR) is 101 cm³/mol. The number of ether oxygens (including phenoxy) is 1. The van der Waals surface area contributed by atoms with Crippen molar-refractivity contribution in [1.82, 2.24) is 5.32 Å². The molecule has 2 aromatic rings. The Bertz CT molecular complexity index is 708. The van der Waals surface area contributed by atoms with Gasteiger partial charge in [-0.15, -0.1) is 11.8 Å². The first kappa shape index (κ1) is 18.7. The summed E-state index contributed by atoms with van der Waals surface area (Å²) in [5.41, 5.74) is 1.35. The van der Waals surface area contributed by atoms with Gasteiger partial charge in [0.05, 0.1) is 7.11 Å². The van der Waals surface area contributed by atoms with Gasteiger partial charge in [0, 0.05) is 32.3 Å². The second-order valence-corrected chi connectivity index (χ2v) is 7.96. The molecule has 3 nitrogen and oxygen atoms in total. The van der Waals surface area contributed by atoms with E-state index < -0.39 is 0 Å².